The maximum absolute atomic E-state index is 13.4. The van der Waals surface area contributed by atoms with Crippen LogP contribution in [0.15, 0.2) is 80.3 Å². The first-order chi connectivity index (χ1) is 21.4. The normalized spacial score (nSPS) is 12.6. The van der Waals surface area contributed by atoms with Gasteiger partial charge in [-0.05, 0) is 67.4 Å². The Bertz CT molecular complexity index is 1430. The molecule has 0 atom stereocenters. The van der Waals surface area contributed by atoms with E-state index in [1.54, 1.807) is 0 Å². The fourth-order valence-corrected chi connectivity index (χ4v) is 6.67. The second kappa shape index (κ2) is 17.2. The minimum atomic E-state index is -0.525. The maximum atomic E-state index is 13.4. The van der Waals surface area contributed by atoms with E-state index in [0.29, 0.717) is 13.2 Å². The third kappa shape index (κ3) is 9.32. The molecule has 0 bridgehead atoms. The maximum Gasteiger partial charge on any atom is 0.204 e. The van der Waals surface area contributed by atoms with E-state index in [1.165, 1.54) is 62.4 Å². The number of thioether (sulfide) groups is 1. The lowest BCUT2D eigenvalue weighted by Crippen LogP contribution is -2.16. The van der Waals surface area contributed by atoms with Crippen LogP contribution in [-0.2, 0) is 0 Å². The monoisotopic (exact) mass is 634 g/mol. The summed E-state index contributed by atoms with van der Waals surface area (Å²) in [5.41, 5.74) is -0.347. The highest BCUT2D eigenvalue weighted by Crippen LogP contribution is 2.46. The zero-order valence-corrected chi connectivity index (χ0v) is 27.2. The first-order valence-corrected chi connectivity index (χ1v) is 17.3. The summed E-state index contributed by atoms with van der Waals surface area (Å²) in [4.78, 5) is 28.5. The van der Waals surface area contributed by atoms with Crippen molar-refractivity contribution < 1.29 is 29.3 Å². The molecule has 1 aliphatic rings. The first-order valence-electron chi connectivity index (χ1n) is 15.6. The predicted molar refractivity (Wildman–Crippen MR) is 178 cm³/mol. The number of allylic oxidation sites excluding steroid dienone is 2. The number of phenols is 2. The fourth-order valence-electron chi connectivity index (χ4n) is 4.89. The van der Waals surface area contributed by atoms with E-state index in [-0.39, 0.29) is 32.4 Å². The third-order valence-electron chi connectivity index (χ3n) is 7.34. The van der Waals surface area contributed by atoms with Gasteiger partial charge in [0.2, 0.25) is 5.78 Å². The molecule has 0 unspecified atom stereocenters. The fraction of sp³-hybridized carbons (Fsp3) is 0.389. The first kappa shape index (κ1) is 33.5. The van der Waals surface area contributed by atoms with Crippen LogP contribution in [0, 0.1) is 0 Å². The lowest BCUT2D eigenvalue weighted by atomic mass is 9.93. The van der Waals surface area contributed by atoms with E-state index in [2.05, 4.69) is 13.8 Å². The number of ketones is 2. The molecule has 4 rings (SSSR count). The number of carbonyl (C=O) groups excluding carboxylic acids is 2. The topological polar surface area (TPSA) is 93.1 Å². The average molecular weight is 635 g/mol. The molecule has 8 heteroatoms. The Kier molecular flexibility index (Phi) is 13.1. The van der Waals surface area contributed by atoms with E-state index in [1.807, 2.05) is 48.5 Å². The van der Waals surface area contributed by atoms with Crippen LogP contribution in [0.5, 0.6) is 23.0 Å². The number of unbranched alkanes of at least 4 members (excludes halogenated alkanes) is 8. The number of benzene rings is 3. The highest BCUT2D eigenvalue weighted by atomic mass is 32.2. The smallest absolute Gasteiger partial charge is 0.204 e. The van der Waals surface area contributed by atoms with Crippen LogP contribution in [0.4, 0.5) is 0 Å². The number of hydrogen-bond acceptors (Lipinski definition) is 8. The molecule has 234 valence electrons. The van der Waals surface area contributed by atoms with E-state index < -0.39 is 11.6 Å². The van der Waals surface area contributed by atoms with Gasteiger partial charge >= 0.3 is 0 Å². The van der Waals surface area contributed by atoms with E-state index in [9.17, 15) is 19.8 Å². The lowest BCUT2D eigenvalue weighted by Gasteiger charge is -2.19. The van der Waals surface area contributed by atoms with Crippen molar-refractivity contribution in [3.63, 3.8) is 0 Å². The summed E-state index contributed by atoms with van der Waals surface area (Å²) in [6.45, 7) is 5.71. The van der Waals surface area contributed by atoms with E-state index >= 15 is 0 Å². The van der Waals surface area contributed by atoms with Gasteiger partial charge < -0.3 is 19.7 Å². The molecule has 0 spiro atoms. The van der Waals surface area contributed by atoms with Crippen LogP contribution in [0.1, 0.15) is 98.8 Å². The molecule has 0 amide bonds. The number of carbonyl (C=O) groups is 2. The van der Waals surface area contributed by atoms with E-state index in [4.69, 9.17) is 9.47 Å². The van der Waals surface area contributed by atoms with Crippen LogP contribution < -0.4 is 9.47 Å². The Labute approximate surface area is 269 Å². The summed E-state index contributed by atoms with van der Waals surface area (Å²) in [6.07, 6.45) is 12.9. The minimum absolute atomic E-state index is 0.174. The number of rotatable bonds is 18. The van der Waals surface area contributed by atoms with Gasteiger partial charge in [-0.3, -0.25) is 9.59 Å². The molecular formula is C36H42O6S2. The summed E-state index contributed by atoms with van der Waals surface area (Å²) in [6, 6.07) is 16.1. The largest absolute Gasteiger partial charge is 0.507 e. The molecule has 0 saturated carbocycles. The molecule has 0 saturated heterocycles. The highest BCUT2D eigenvalue weighted by Gasteiger charge is 2.33. The summed E-state index contributed by atoms with van der Waals surface area (Å²) in [5.74, 6) is -0.165. The molecule has 3 aromatic rings. The molecule has 44 heavy (non-hydrogen) atoms. The van der Waals surface area contributed by atoms with Crippen molar-refractivity contribution >= 4 is 35.1 Å². The summed E-state index contributed by atoms with van der Waals surface area (Å²) >= 11 is 2.34. The number of ether oxygens (including phenoxy) is 2. The number of hydrogen-bond donors (Lipinski definition) is 2. The Morgan fingerprint density at radius 2 is 1.14 bits per heavy atom. The molecule has 0 radical (unpaired) electrons. The van der Waals surface area contributed by atoms with Gasteiger partial charge in [0, 0.05) is 15.9 Å². The molecule has 0 heterocycles. The van der Waals surface area contributed by atoms with Crippen LogP contribution in [0.25, 0.3) is 0 Å². The minimum Gasteiger partial charge on any atom is -0.507 e. The lowest BCUT2D eigenvalue weighted by molar-refractivity contribution is 0.0986. The number of Topliss-reactive ketones (excluding diaryl/α,β-unsaturated/α-hetero) is 1. The summed E-state index contributed by atoms with van der Waals surface area (Å²) in [7, 11) is 0. The van der Waals surface area contributed by atoms with Crippen molar-refractivity contribution in [1.29, 1.82) is 0 Å². The zero-order valence-electron chi connectivity index (χ0n) is 25.6. The Balaban J connectivity index is 1.37. The van der Waals surface area contributed by atoms with Gasteiger partial charge in [0.05, 0.1) is 34.1 Å². The van der Waals surface area contributed by atoms with Crippen molar-refractivity contribution in [2.24, 2.45) is 0 Å². The van der Waals surface area contributed by atoms with Gasteiger partial charge in [-0.15, -0.1) is 0 Å². The van der Waals surface area contributed by atoms with Crippen LogP contribution >= 0.6 is 23.5 Å². The Hall–Kier alpha value is -3.36. The van der Waals surface area contributed by atoms with Crippen molar-refractivity contribution in [1.82, 2.24) is 0 Å². The number of aromatic hydroxyl groups is 2. The van der Waals surface area contributed by atoms with Crippen LogP contribution in [0.2, 0.25) is 0 Å². The second-order valence-electron chi connectivity index (χ2n) is 10.9. The standard InChI is InChI=1S/C36H42O6S2/c1-3-5-7-9-11-21-41-25-13-17-27(18-14-25)43-31-23-29(37)34-33(35(31)39)30(38)24-32(36(34)40)44-28-19-15-26(16-20-28)42-22-12-10-8-6-4-2/h13-20,23-24,37,39H,3-12,21-22H2,1-2H3. The average Bonchev–Trinajstić information content (AvgIpc) is 3.02. The molecule has 3 aromatic carbocycles. The van der Waals surface area contributed by atoms with Gasteiger partial charge in [-0.1, -0.05) is 88.7 Å². The van der Waals surface area contributed by atoms with Gasteiger partial charge in [-0.25, -0.2) is 0 Å². The van der Waals surface area contributed by atoms with Gasteiger partial charge in [0.25, 0.3) is 0 Å². The molecule has 0 fully saturated rings. The third-order valence-corrected chi connectivity index (χ3v) is 9.41. The molecular weight excluding hydrogens is 593 g/mol. The summed E-state index contributed by atoms with van der Waals surface area (Å²) in [5, 5.41) is 21.9. The van der Waals surface area contributed by atoms with Gasteiger partial charge in [0.15, 0.2) is 5.78 Å². The van der Waals surface area contributed by atoms with Crippen molar-refractivity contribution in [2.75, 3.05) is 13.2 Å². The number of phenolic OH excluding ortho intramolecular Hbond substituents is 2. The van der Waals surface area contributed by atoms with E-state index in [0.717, 1.165) is 58.7 Å². The zero-order chi connectivity index (χ0) is 31.3. The Morgan fingerprint density at radius 1 is 0.636 bits per heavy atom. The molecule has 0 aromatic heterocycles. The molecule has 0 aliphatic heterocycles. The summed E-state index contributed by atoms with van der Waals surface area (Å²) < 4.78 is 11.6. The number of fused-ring (bicyclic) bond motifs is 1. The van der Waals surface area contributed by atoms with Crippen molar-refractivity contribution in [3.8, 4) is 23.0 Å². The van der Waals surface area contributed by atoms with Gasteiger partial charge in [0.1, 0.15) is 23.0 Å². The van der Waals surface area contributed by atoms with Crippen LogP contribution in [-0.4, -0.2) is 35.0 Å². The van der Waals surface area contributed by atoms with Crippen molar-refractivity contribution in [2.45, 2.75) is 92.7 Å². The van der Waals surface area contributed by atoms with Gasteiger partial charge in [-0.2, -0.15) is 0 Å². The molecule has 1 aliphatic carbocycles. The quantitative estimate of drug-likeness (QED) is 0.105. The van der Waals surface area contributed by atoms with Crippen molar-refractivity contribution in [3.05, 3.63) is 76.7 Å². The molecule has 6 nitrogen and oxygen atoms in total. The van der Waals surface area contributed by atoms with Crippen LogP contribution in [0.3, 0.4) is 0 Å². The second-order valence-corrected chi connectivity index (χ2v) is 13.1. The Morgan fingerprint density at radius 3 is 1.66 bits per heavy atom. The molecule has 2 N–H and O–H groups in total. The highest BCUT2D eigenvalue weighted by molar-refractivity contribution is 8.04. The SMILES string of the molecule is CCCCCCCOc1ccc(SC2=CC(=O)c3c(O)c(Sc4ccc(OCCCCCCC)cc4)cc(O)c3C2=O)cc1. The predicted octanol–water partition coefficient (Wildman–Crippen LogP) is 10.0.